The smallest absolute Gasteiger partial charge is 0.218 e. The molecular formula is C23H16ClFN4O2. The summed E-state index contributed by atoms with van der Waals surface area (Å²) < 4.78 is 26.5. The number of aromatic nitrogens is 3. The molecule has 2 aromatic heterocycles. The van der Waals surface area contributed by atoms with Gasteiger partial charge in [-0.15, -0.1) is 0 Å². The maximum atomic E-state index is 13.1. The molecule has 0 spiro atoms. The molecule has 0 saturated heterocycles. The third-order valence-electron chi connectivity index (χ3n) is 4.41. The van der Waals surface area contributed by atoms with Gasteiger partial charge in [0, 0.05) is 28.9 Å². The Balaban J connectivity index is 1.50. The summed E-state index contributed by atoms with van der Waals surface area (Å²) in [6.07, 6.45) is 3.13. The van der Waals surface area contributed by atoms with Crippen molar-refractivity contribution < 1.29 is 13.9 Å². The van der Waals surface area contributed by atoms with E-state index in [1.807, 2.05) is 6.07 Å². The highest BCUT2D eigenvalue weighted by atomic mass is 35.5. The van der Waals surface area contributed by atoms with Crippen LogP contribution in [0.3, 0.4) is 0 Å². The number of nitriles is 1. The number of ether oxygens (including phenoxy) is 2. The highest BCUT2D eigenvalue weighted by Crippen LogP contribution is 2.26. The first-order valence-electron chi connectivity index (χ1n) is 9.31. The predicted molar refractivity (Wildman–Crippen MR) is 113 cm³/mol. The molecule has 0 atom stereocenters. The van der Waals surface area contributed by atoms with E-state index in [1.165, 1.54) is 16.8 Å². The van der Waals surface area contributed by atoms with Crippen molar-refractivity contribution in [1.29, 1.82) is 5.26 Å². The van der Waals surface area contributed by atoms with Crippen LogP contribution in [-0.2, 0) is 13.2 Å². The summed E-state index contributed by atoms with van der Waals surface area (Å²) in [6, 6.07) is 18.4. The number of hydrogen-bond acceptors (Lipinski definition) is 5. The molecule has 6 nitrogen and oxygen atoms in total. The zero-order valence-corrected chi connectivity index (χ0v) is 17.0. The standard InChI is InChI=1S/C23H16ClFN4O2/c24-19-4-3-18(21(12-19)30-14-16-1-5-20(25)6-2-16)15-31-23-8-10-28-29(23)22-11-17(13-26)7-9-27-22/h1-12H,14-15H2. The van der Waals surface area contributed by atoms with E-state index in [2.05, 4.69) is 16.2 Å². The Hall–Kier alpha value is -3.89. The molecule has 0 aliphatic heterocycles. The molecule has 2 aromatic carbocycles. The molecule has 0 saturated carbocycles. The molecular weight excluding hydrogens is 419 g/mol. The van der Waals surface area contributed by atoms with Crippen molar-refractivity contribution in [3.63, 3.8) is 0 Å². The van der Waals surface area contributed by atoms with Gasteiger partial charge in [0.1, 0.15) is 24.8 Å². The fraction of sp³-hybridized carbons (Fsp3) is 0.0870. The van der Waals surface area contributed by atoms with Crippen LogP contribution in [0.2, 0.25) is 5.02 Å². The molecule has 154 valence electrons. The van der Waals surface area contributed by atoms with Gasteiger partial charge in [-0.25, -0.2) is 9.37 Å². The first kappa shape index (κ1) is 20.4. The number of hydrogen-bond donors (Lipinski definition) is 0. The summed E-state index contributed by atoms with van der Waals surface area (Å²) in [5.74, 6) is 1.20. The van der Waals surface area contributed by atoms with Crippen LogP contribution in [0.5, 0.6) is 11.6 Å². The Bertz CT molecular complexity index is 1240. The molecule has 0 aliphatic rings. The van der Waals surface area contributed by atoms with E-state index >= 15 is 0 Å². The van der Waals surface area contributed by atoms with E-state index in [1.54, 1.807) is 54.9 Å². The third-order valence-corrected chi connectivity index (χ3v) is 4.65. The molecule has 0 fully saturated rings. The maximum absolute atomic E-state index is 13.1. The SMILES string of the molecule is N#Cc1ccnc(-n2nccc2OCc2ccc(Cl)cc2OCc2ccc(F)cc2)c1. The summed E-state index contributed by atoms with van der Waals surface area (Å²) in [5, 5.41) is 13.9. The van der Waals surface area contributed by atoms with E-state index in [4.69, 9.17) is 26.3 Å². The van der Waals surface area contributed by atoms with Crippen molar-refractivity contribution in [3.8, 4) is 23.5 Å². The summed E-state index contributed by atoms with van der Waals surface area (Å²) in [5.41, 5.74) is 2.08. The first-order chi connectivity index (χ1) is 15.1. The minimum atomic E-state index is -0.299. The number of benzene rings is 2. The first-order valence-corrected chi connectivity index (χ1v) is 9.69. The second-order valence-corrected chi connectivity index (χ2v) is 6.99. The third kappa shape index (κ3) is 5.00. The quantitative estimate of drug-likeness (QED) is 0.405. The molecule has 8 heteroatoms. The van der Waals surface area contributed by atoms with Crippen molar-refractivity contribution in [2.75, 3.05) is 0 Å². The Morgan fingerprint density at radius 2 is 1.81 bits per heavy atom. The average Bonchev–Trinajstić information content (AvgIpc) is 3.27. The molecule has 2 heterocycles. The second-order valence-electron chi connectivity index (χ2n) is 6.55. The van der Waals surface area contributed by atoms with Crippen molar-refractivity contribution >= 4 is 11.6 Å². The largest absolute Gasteiger partial charge is 0.488 e. The summed E-state index contributed by atoms with van der Waals surface area (Å²) >= 11 is 6.13. The second kappa shape index (κ2) is 9.28. The van der Waals surface area contributed by atoms with Crippen molar-refractivity contribution in [2.45, 2.75) is 13.2 Å². The Morgan fingerprint density at radius 3 is 2.61 bits per heavy atom. The monoisotopic (exact) mass is 434 g/mol. The maximum Gasteiger partial charge on any atom is 0.218 e. The molecule has 0 amide bonds. The van der Waals surface area contributed by atoms with E-state index in [0.717, 1.165) is 11.1 Å². The number of rotatable bonds is 7. The van der Waals surface area contributed by atoms with Gasteiger partial charge in [-0.05, 0) is 35.9 Å². The van der Waals surface area contributed by atoms with E-state index in [-0.39, 0.29) is 19.0 Å². The Kier molecular flexibility index (Phi) is 6.11. The number of halogens is 2. The van der Waals surface area contributed by atoms with Crippen LogP contribution in [0.15, 0.2) is 73.1 Å². The Morgan fingerprint density at radius 1 is 0.968 bits per heavy atom. The van der Waals surface area contributed by atoms with Crippen LogP contribution in [-0.4, -0.2) is 14.8 Å². The van der Waals surface area contributed by atoms with Gasteiger partial charge in [0.05, 0.1) is 17.8 Å². The van der Waals surface area contributed by atoms with Crippen LogP contribution < -0.4 is 9.47 Å². The Labute approximate surface area is 183 Å². The van der Waals surface area contributed by atoms with Crippen LogP contribution in [0, 0.1) is 17.1 Å². The van der Waals surface area contributed by atoms with Gasteiger partial charge >= 0.3 is 0 Å². The highest BCUT2D eigenvalue weighted by Gasteiger charge is 2.11. The van der Waals surface area contributed by atoms with Gasteiger partial charge in [-0.1, -0.05) is 29.8 Å². The average molecular weight is 435 g/mol. The van der Waals surface area contributed by atoms with Gasteiger partial charge in [-0.2, -0.15) is 15.0 Å². The zero-order chi connectivity index (χ0) is 21.6. The fourth-order valence-corrected chi connectivity index (χ4v) is 3.01. The number of nitrogens with zero attached hydrogens (tertiary/aromatic N) is 4. The van der Waals surface area contributed by atoms with Crippen molar-refractivity contribution in [2.24, 2.45) is 0 Å². The molecule has 0 aliphatic carbocycles. The molecule has 4 rings (SSSR count). The summed E-state index contributed by atoms with van der Waals surface area (Å²) in [4.78, 5) is 4.24. The van der Waals surface area contributed by atoms with Crippen molar-refractivity contribution in [3.05, 3.63) is 101 Å². The topological polar surface area (TPSA) is 73.0 Å². The summed E-state index contributed by atoms with van der Waals surface area (Å²) in [6.45, 7) is 0.454. The van der Waals surface area contributed by atoms with Gasteiger partial charge < -0.3 is 9.47 Å². The van der Waals surface area contributed by atoms with E-state index in [0.29, 0.717) is 28.0 Å². The highest BCUT2D eigenvalue weighted by molar-refractivity contribution is 6.30. The van der Waals surface area contributed by atoms with Crippen LogP contribution >= 0.6 is 11.6 Å². The molecule has 0 radical (unpaired) electrons. The van der Waals surface area contributed by atoms with E-state index in [9.17, 15) is 4.39 Å². The molecule has 0 N–H and O–H groups in total. The lowest BCUT2D eigenvalue weighted by Crippen LogP contribution is -2.06. The zero-order valence-electron chi connectivity index (χ0n) is 16.2. The summed E-state index contributed by atoms with van der Waals surface area (Å²) in [7, 11) is 0. The van der Waals surface area contributed by atoms with Gasteiger partial charge in [0.25, 0.3) is 0 Å². The van der Waals surface area contributed by atoms with Gasteiger partial charge in [-0.3, -0.25) is 0 Å². The minimum Gasteiger partial charge on any atom is -0.488 e. The lowest BCUT2D eigenvalue weighted by atomic mass is 10.2. The van der Waals surface area contributed by atoms with Gasteiger partial charge in [0.15, 0.2) is 5.82 Å². The lowest BCUT2D eigenvalue weighted by Gasteiger charge is -2.14. The lowest BCUT2D eigenvalue weighted by molar-refractivity contribution is 0.262. The molecule has 4 aromatic rings. The van der Waals surface area contributed by atoms with Crippen LogP contribution in [0.4, 0.5) is 4.39 Å². The van der Waals surface area contributed by atoms with Crippen LogP contribution in [0.25, 0.3) is 5.82 Å². The van der Waals surface area contributed by atoms with Gasteiger partial charge in [0.2, 0.25) is 5.88 Å². The predicted octanol–water partition coefficient (Wildman–Crippen LogP) is 5.09. The number of pyridine rings is 1. The molecule has 0 bridgehead atoms. The van der Waals surface area contributed by atoms with Crippen LogP contribution in [0.1, 0.15) is 16.7 Å². The normalized spacial score (nSPS) is 10.5. The van der Waals surface area contributed by atoms with Crippen molar-refractivity contribution in [1.82, 2.24) is 14.8 Å². The minimum absolute atomic E-state index is 0.194. The molecule has 0 unspecified atom stereocenters. The molecule has 31 heavy (non-hydrogen) atoms. The van der Waals surface area contributed by atoms with E-state index < -0.39 is 0 Å². The fourth-order valence-electron chi connectivity index (χ4n) is 2.85.